The lowest BCUT2D eigenvalue weighted by atomic mass is 10.0. The van der Waals surface area contributed by atoms with Crippen LogP contribution in [-0.4, -0.2) is 61.5 Å². The molecule has 0 fully saturated rings. The molecule has 3 rings (SSSR count). The zero-order valence-electron chi connectivity index (χ0n) is 18.3. The quantitative estimate of drug-likeness (QED) is 0.527. The molecular weight excluding hydrogens is 493 g/mol. The van der Waals surface area contributed by atoms with Gasteiger partial charge in [0.15, 0.2) is 0 Å². The van der Waals surface area contributed by atoms with Gasteiger partial charge < -0.3 is 20.9 Å². The topological polar surface area (TPSA) is 90.5 Å². The molecule has 0 spiro atoms. The first-order valence-corrected chi connectivity index (χ1v) is 11.7. The van der Waals surface area contributed by atoms with Crippen molar-refractivity contribution in [2.45, 2.75) is 31.5 Å². The Bertz CT molecular complexity index is 1060. The Hall–Kier alpha value is -2.63. The van der Waals surface area contributed by atoms with Crippen LogP contribution in [0.3, 0.4) is 0 Å². The third-order valence-corrected chi connectivity index (χ3v) is 6.62. The normalized spacial score (nSPS) is 15.1. The van der Waals surface area contributed by atoms with Crippen molar-refractivity contribution in [2.24, 2.45) is 0 Å². The molecule has 0 bridgehead atoms. The van der Waals surface area contributed by atoms with E-state index < -0.39 is 36.5 Å². The molecule has 184 valence electrons. The van der Waals surface area contributed by atoms with Crippen LogP contribution in [-0.2, 0) is 22.4 Å². The molecular formula is C22H24ClF3N4O3S. The molecule has 3 amide bonds. The molecule has 1 atom stereocenters. The van der Waals surface area contributed by atoms with Crippen molar-refractivity contribution in [3.8, 4) is 0 Å². The summed E-state index contributed by atoms with van der Waals surface area (Å²) in [6, 6.07) is 7.38. The van der Waals surface area contributed by atoms with Crippen LogP contribution in [0.1, 0.15) is 27.2 Å². The molecule has 2 aromatic rings. The second kappa shape index (κ2) is 11.2. The molecule has 0 saturated carbocycles. The number of carbonyl (C=O) groups is 3. The molecule has 0 saturated heterocycles. The van der Waals surface area contributed by atoms with Crippen LogP contribution < -0.4 is 16.0 Å². The highest BCUT2D eigenvalue weighted by atomic mass is 35.5. The maximum absolute atomic E-state index is 13.0. The van der Waals surface area contributed by atoms with Gasteiger partial charge in [0.25, 0.3) is 5.91 Å². The lowest BCUT2D eigenvalue weighted by molar-refractivity contribution is -0.173. The van der Waals surface area contributed by atoms with Crippen molar-refractivity contribution in [1.82, 2.24) is 15.5 Å². The van der Waals surface area contributed by atoms with Gasteiger partial charge in [0.2, 0.25) is 5.91 Å². The Morgan fingerprint density at radius 1 is 1.12 bits per heavy atom. The highest BCUT2D eigenvalue weighted by molar-refractivity contribution is 7.18. The fourth-order valence-electron chi connectivity index (χ4n) is 3.51. The van der Waals surface area contributed by atoms with E-state index in [4.69, 9.17) is 11.6 Å². The van der Waals surface area contributed by atoms with Crippen molar-refractivity contribution in [2.75, 3.05) is 32.0 Å². The zero-order valence-corrected chi connectivity index (χ0v) is 19.9. The third kappa shape index (κ3) is 7.18. The Morgan fingerprint density at radius 2 is 1.82 bits per heavy atom. The summed E-state index contributed by atoms with van der Waals surface area (Å²) < 4.78 is 37.8. The molecule has 0 aliphatic carbocycles. The number of benzene rings is 1. The number of hydrogen-bond donors (Lipinski definition) is 3. The van der Waals surface area contributed by atoms with Gasteiger partial charge >= 0.3 is 12.1 Å². The molecule has 1 unspecified atom stereocenters. The maximum Gasteiger partial charge on any atom is 0.471 e. The van der Waals surface area contributed by atoms with Crippen molar-refractivity contribution < 1.29 is 27.6 Å². The number of alkyl halides is 3. The Morgan fingerprint density at radius 3 is 2.47 bits per heavy atom. The van der Waals surface area contributed by atoms with E-state index in [1.807, 2.05) is 19.2 Å². The number of likely N-dealkylation sites (N-methyl/N-ethyl adjacent to an activating group) is 1. The van der Waals surface area contributed by atoms with E-state index in [0.29, 0.717) is 10.0 Å². The van der Waals surface area contributed by atoms with Crippen molar-refractivity contribution in [1.29, 1.82) is 0 Å². The molecule has 1 aliphatic rings. The average Bonchev–Trinajstić information content (AvgIpc) is 3.12. The van der Waals surface area contributed by atoms with Crippen LogP contribution >= 0.6 is 22.9 Å². The Balaban J connectivity index is 1.70. The smallest absolute Gasteiger partial charge is 0.348 e. The van der Waals surface area contributed by atoms with Crippen LogP contribution in [0.25, 0.3) is 0 Å². The van der Waals surface area contributed by atoms with E-state index in [1.54, 1.807) is 11.4 Å². The number of carbonyl (C=O) groups excluding carboxylic acids is 3. The standard InChI is InChI=1S/C22H24ClF3N4O3S/c1-30-10-7-13-2-3-15(12-14(13)8-11-30)28-19(31)16(6-9-27-21(33)22(24,25)26)29-20(32)17-4-5-18(23)34-17/h2-5,12,16H,6-11H2,1H3,(H,27,33)(H,28,31)(H,29,32). The molecule has 3 N–H and O–H groups in total. The van der Waals surface area contributed by atoms with Gasteiger partial charge in [0.05, 0.1) is 9.21 Å². The summed E-state index contributed by atoms with van der Waals surface area (Å²) in [6.45, 7) is 1.35. The molecule has 34 heavy (non-hydrogen) atoms. The Kier molecular flexibility index (Phi) is 8.56. The van der Waals surface area contributed by atoms with Gasteiger partial charge in [-0.2, -0.15) is 13.2 Å². The van der Waals surface area contributed by atoms with Gasteiger partial charge in [-0.15, -0.1) is 11.3 Å². The predicted octanol–water partition coefficient (Wildman–Crippen LogP) is 3.24. The molecule has 7 nitrogen and oxygen atoms in total. The number of halogens is 4. The summed E-state index contributed by atoms with van der Waals surface area (Å²) in [5, 5.41) is 6.97. The lowest BCUT2D eigenvalue weighted by Gasteiger charge is -2.19. The fourth-order valence-corrected chi connectivity index (χ4v) is 4.46. The summed E-state index contributed by atoms with van der Waals surface area (Å²) >= 11 is 6.86. The fraction of sp³-hybridized carbons (Fsp3) is 0.409. The second-order valence-electron chi connectivity index (χ2n) is 7.95. The van der Waals surface area contributed by atoms with Crippen LogP contribution in [0.5, 0.6) is 0 Å². The summed E-state index contributed by atoms with van der Waals surface area (Å²) in [7, 11) is 2.04. The molecule has 2 heterocycles. The summed E-state index contributed by atoms with van der Waals surface area (Å²) in [4.78, 5) is 39.0. The van der Waals surface area contributed by atoms with E-state index >= 15 is 0 Å². The van der Waals surface area contributed by atoms with Crippen LogP contribution in [0.15, 0.2) is 30.3 Å². The van der Waals surface area contributed by atoms with Gasteiger partial charge in [-0.3, -0.25) is 14.4 Å². The first-order valence-electron chi connectivity index (χ1n) is 10.6. The molecule has 0 radical (unpaired) electrons. The van der Waals surface area contributed by atoms with Crippen LogP contribution in [0.4, 0.5) is 18.9 Å². The van der Waals surface area contributed by atoms with Gasteiger partial charge in [-0.1, -0.05) is 17.7 Å². The number of fused-ring (bicyclic) bond motifs is 1. The van der Waals surface area contributed by atoms with E-state index in [-0.39, 0.29) is 11.3 Å². The van der Waals surface area contributed by atoms with Gasteiger partial charge in [-0.25, -0.2) is 0 Å². The van der Waals surface area contributed by atoms with Crippen molar-refractivity contribution in [3.05, 3.63) is 50.7 Å². The number of thiophene rings is 1. The first-order chi connectivity index (χ1) is 16.0. The lowest BCUT2D eigenvalue weighted by Crippen LogP contribution is -2.46. The van der Waals surface area contributed by atoms with Crippen molar-refractivity contribution >= 4 is 46.3 Å². The maximum atomic E-state index is 13.0. The third-order valence-electron chi connectivity index (χ3n) is 5.39. The van der Waals surface area contributed by atoms with Crippen LogP contribution in [0.2, 0.25) is 4.34 Å². The zero-order chi connectivity index (χ0) is 24.9. The number of nitrogens with one attached hydrogen (secondary N) is 3. The summed E-state index contributed by atoms with van der Waals surface area (Å²) in [5.41, 5.74) is 2.82. The highest BCUT2D eigenvalue weighted by Gasteiger charge is 2.38. The van der Waals surface area contributed by atoms with Crippen molar-refractivity contribution in [3.63, 3.8) is 0 Å². The molecule has 1 aliphatic heterocycles. The largest absolute Gasteiger partial charge is 0.471 e. The van der Waals surface area contributed by atoms with E-state index in [1.165, 1.54) is 17.7 Å². The van der Waals surface area contributed by atoms with Gasteiger partial charge in [0, 0.05) is 25.3 Å². The van der Waals surface area contributed by atoms with E-state index in [2.05, 4.69) is 15.5 Å². The monoisotopic (exact) mass is 516 g/mol. The molecule has 12 heteroatoms. The number of nitrogens with zero attached hydrogens (tertiary/aromatic N) is 1. The highest BCUT2D eigenvalue weighted by Crippen LogP contribution is 2.22. The molecule has 1 aromatic carbocycles. The van der Waals surface area contributed by atoms with Crippen LogP contribution in [0, 0.1) is 0 Å². The SMILES string of the molecule is CN1CCc2ccc(NC(=O)C(CCNC(=O)C(F)(F)F)NC(=O)c3ccc(Cl)s3)cc2CC1. The minimum atomic E-state index is -5.04. The first kappa shape index (κ1) is 26.0. The predicted molar refractivity (Wildman–Crippen MR) is 124 cm³/mol. The van der Waals surface area contributed by atoms with E-state index in [9.17, 15) is 27.6 Å². The van der Waals surface area contributed by atoms with Gasteiger partial charge in [0.1, 0.15) is 6.04 Å². The van der Waals surface area contributed by atoms with Gasteiger partial charge in [-0.05, 0) is 61.7 Å². The number of amides is 3. The number of anilines is 1. The average molecular weight is 517 g/mol. The summed E-state index contributed by atoms with van der Waals surface area (Å²) in [6.07, 6.45) is -3.57. The van der Waals surface area contributed by atoms with E-state index in [0.717, 1.165) is 42.8 Å². The minimum absolute atomic E-state index is 0.242. The summed E-state index contributed by atoms with van der Waals surface area (Å²) in [5.74, 6) is -3.31. The minimum Gasteiger partial charge on any atom is -0.348 e. The second-order valence-corrected chi connectivity index (χ2v) is 9.66. The Labute approximate surface area is 203 Å². The number of hydrogen-bond acceptors (Lipinski definition) is 5. The molecule has 1 aromatic heterocycles. The number of rotatable bonds is 7.